The van der Waals surface area contributed by atoms with Crippen LogP contribution >= 0.6 is 0 Å². The van der Waals surface area contributed by atoms with E-state index in [0.717, 1.165) is 24.2 Å². The van der Waals surface area contributed by atoms with Crippen LogP contribution in [0.3, 0.4) is 0 Å². The Balaban J connectivity index is 1.80. The first-order valence-electron chi connectivity index (χ1n) is 8.79. The molecule has 0 saturated carbocycles. The fourth-order valence-corrected chi connectivity index (χ4v) is 3.30. The second kappa shape index (κ2) is 8.11. The van der Waals surface area contributed by atoms with Gasteiger partial charge in [0.1, 0.15) is 5.60 Å². The molecule has 1 atom stereocenters. The highest BCUT2D eigenvalue weighted by molar-refractivity contribution is 5.36. The summed E-state index contributed by atoms with van der Waals surface area (Å²) in [5.74, 6) is 0.0148. The normalized spacial score (nSPS) is 12.7. The molecule has 0 heterocycles. The quantitative estimate of drug-likeness (QED) is 0.675. The molecule has 0 aliphatic heterocycles. The predicted molar refractivity (Wildman–Crippen MR) is 103 cm³/mol. The van der Waals surface area contributed by atoms with Gasteiger partial charge in [0.2, 0.25) is 0 Å². The van der Waals surface area contributed by atoms with Crippen LogP contribution in [0, 0.1) is 5.92 Å². The average molecular weight is 331 g/mol. The molecule has 3 aromatic rings. The third kappa shape index (κ3) is 3.98. The third-order valence-electron chi connectivity index (χ3n) is 4.76. The molecule has 0 fully saturated rings. The van der Waals surface area contributed by atoms with Crippen molar-refractivity contribution in [3.8, 4) is 0 Å². The Morgan fingerprint density at radius 3 is 1.68 bits per heavy atom. The molecule has 0 radical (unpaired) electrons. The highest BCUT2D eigenvalue weighted by Crippen LogP contribution is 2.36. The molecule has 0 saturated heterocycles. The molecule has 0 unspecified atom stereocenters. The molecule has 3 rings (SSSR count). The topological polar surface area (TPSA) is 32.3 Å². The third-order valence-corrected chi connectivity index (χ3v) is 4.76. The summed E-state index contributed by atoms with van der Waals surface area (Å²) in [5.41, 5.74) is 2.08. The molecule has 2 nitrogen and oxygen atoms in total. The minimum Gasteiger partial charge on any atom is -0.380 e. The first-order valence-corrected chi connectivity index (χ1v) is 8.79. The lowest BCUT2D eigenvalue weighted by Crippen LogP contribution is -2.40. The van der Waals surface area contributed by atoms with Gasteiger partial charge in [0.05, 0.1) is 0 Å². The molecule has 3 aromatic carbocycles. The summed E-state index contributed by atoms with van der Waals surface area (Å²) < 4.78 is 0. The summed E-state index contributed by atoms with van der Waals surface area (Å²) in [5, 5.41) is 15.2. The van der Waals surface area contributed by atoms with Crippen LogP contribution in [0.5, 0.6) is 0 Å². The van der Waals surface area contributed by atoms with E-state index in [0.29, 0.717) is 0 Å². The maximum Gasteiger partial charge on any atom is 0.118 e. The largest absolute Gasteiger partial charge is 0.380 e. The number of hydrogen-bond acceptors (Lipinski definition) is 2. The Kier molecular flexibility index (Phi) is 5.64. The van der Waals surface area contributed by atoms with Crippen LogP contribution in [-0.2, 0) is 12.1 Å². The van der Waals surface area contributed by atoms with Crippen molar-refractivity contribution in [3.63, 3.8) is 0 Å². The summed E-state index contributed by atoms with van der Waals surface area (Å²) in [6, 6.07) is 30.2. The first-order chi connectivity index (χ1) is 12.2. The molecular weight excluding hydrogens is 306 g/mol. The van der Waals surface area contributed by atoms with E-state index in [2.05, 4.69) is 24.4 Å². The van der Waals surface area contributed by atoms with Gasteiger partial charge in [-0.05, 0) is 16.7 Å². The SMILES string of the molecule is C[C@@H](CNCc1ccccc1)C(O)(c1ccccc1)c1ccccc1. The molecule has 0 spiro atoms. The number of hydrogen-bond donors (Lipinski definition) is 2. The van der Waals surface area contributed by atoms with Gasteiger partial charge in [0, 0.05) is 19.0 Å². The zero-order valence-electron chi connectivity index (χ0n) is 14.6. The van der Waals surface area contributed by atoms with Crippen molar-refractivity contribution < 1.29 is 5.11 Å². The van der Waals surface area contributed by atoms with Gasteiger partial charge in [-0.25, -0.2) is 0 Å². The fraction of sp³-hybridized carbons (Fsp3) is 0.217. The molecule has 2 N–H and O–H groups in total. The molecule has 0 aromatic heterocycles. The number of benzene rings is 3. The molecule has 0 aliphatic carbocycles. The fourth-order valence-electron chi connectivity index (χ4n) is 3.30. The standard InChI is InChI=1S/C23H25NO/c1-19(17-24-18-20-11-5-2-6-12-20)23(25,21-13-7-3-8-14-21)22-15-9-4-10-16-22/h2-16,19,24-25H,17-18H2,1H3/t19-/m0/s1. The molecular formula is C23H25NO. The molecule has 0 amide bonds. The molecule has 128 valence electrons. The van der Waals surface area contributed by atoms with Crippen molar-refractivity contribution in [3.05, 3.63) is 108 Å². The monoisotopic (exact) mass is 331 g/mol. The second-order valence-corrected chi connectivity index (χ2v) is 6.52. The summed E-state index contributed by atoms with van der Waals surface area (Å²) in [6.07, 6.45) is 0. The number of nitrogens with one attached hydrogen (secondary N) is 1. The Morgan fingerprint density at radius 2 is 1.20 bits per heavy atom. The van der Waals surface area contributed by atoms with Gasteiger partial charge in [0.15, 0.2) is 0 Å². The van der Waals surface area contributed by atoms with Crippen molar-refractivity contribution in [2.75, 3.05) is 6.54 Å². The van der Waals surface area contributed by atoms with Crippen molar-refractivity contribution in [1.82, 2.24) is 5.32 Å². The predicted octanol–water partition coefficient (Wildman–Crippen LogP) is 4.35. The minimum absolute atomic E-state index is 0.0148. The van der Waals surface area contributed by atoms with E-state index in [-0.39, 0.29) is 5.92 Å². The van der Waals surface area contributed by atoms with Gasteiger partial charge in [-0.2, -0.15) is 0 Å². The molecule has 2 heteroatoms. The second-order valence-electron chi connectivity index (χ2n) is 6.52. The van der Waals surface area contributed by atoms with Gasteiger partial charge >= 0.3 is 0 Å². The summed E-state index contributed by atoms with van der Waals surface area (Å²) in [7, 11) is 0. The maximum absolute atomic E-state index is 11.7. The van der Waals surface area contributed by atoms with Crippen molar-refractivity contribution in [2.24, 2.45) is 5.92 Å². The van der Waals surface area contributed by atoms with Crippen LogP contribution < -0.4 is 5.32 Å². The smallest absolute Gasteiger partial charge is 0.118 e. The van der Waals surface area contributed by atoms with Crippen molar-refractivity contribution in [1.29, 1.82) is 0 Å². The Bertz CT molecular complexity index is 716. The van der Waals surface area contributed by atoms with E-state index in [4.69, 9.17) is 0 Å². The van der Waals surface area contributed by atoms with Gasteiger partial charge in [-0.3, -0.25) is 0 Å². The van der Waals surface area contributed by atoms with E-state index in [1.807, 2.05) is 78.9 Å². The van der Waals surface area contributed by atoms with Crippen LogP contribution in [-0.4, -0.2) is 11.7 Å². The van der Waals surface area contributed by atoms with Crippen molar-refractivity contribution >= 4 is 0 Å². The summed E-state index contributed by atoms with van der Waals surface area (Å²) >= 11 is 0. The number of aliphatic hydroxyl groups is 1. The van der Waals surface area contributed by atoms with Gasteiger partial charge in [-0.15, -0.1) is 0 Å². The van der Waals surface area contributed by atoms with Gasteiger partial charge < -0.3 is 10.4 Å². The van der Waals surface area contributed by atoms with E-state index >= 15 is 0 Å². The van der Waals surface area contributed by atoms with Crippen LogP contribution in [0.4, 0.5) is 0 Å². The average Bonchev–Trinajstić information content (AvgIpc) is 2.69. The first kappa shape index (κ1) is 17.4. The van der Waals surface area contributed by atoms with Gasteiger partial charge in [0.25, 0.3) is 0 Å². The van der Waals surface area contributed by atoms with E-state index in [9.17, 15) is 5.11 Å². The lowest BCUT2D eigenvalue weighted by molar-refractivity contribution is 0.0239. The highest BCUT2D eigenvalue weighted by Gasteiger charge is 2.37. The maximum atomic E-state index is 11.7. The highest BCUT2D eigenvalue weighted by atomic mass is 16.3. The molecule has 0 aliphatic rings. The van der Waals surface area contributed by atoms with Crippen LogP contribution in [0.2, 0.25) is 0 Å². The molecule has 0 bridgehead atoms. The Morgan fingerprint density at radius 1 is 0.760 bits per heavy atom. The van der Waals surface area contributed by atoms with E-state index < -0.39 is 5.60 Å². The van der Waals surface area contributed by atoms with Gasteiger partial charge in [-0.1, -0.05) is 97.9 Å². The zero-order chi connectivity index (χ0) is 17.5. The lowest BCUT2D eigenvalue weighted by Gasteiger charge is -2.35. The van der Waals surface area contributed by atoms with Crippen LogP contribution in [0.15, 0.2) is 91.0 Å². The minimum atomic E-state index is -1.02. The van der Waals surface area contributed by atoms with Crippen molar-refractivity contribution in [2.45, 2.75) is 19.1 Å². The van der Waals surface area contributed by atoms with Crippen LogP contribution in [0.1, 0.15) is 23.6 Å². The number of rotatable bonds is 7. The zero-order valence-corrected chi connectivity index (χ0v) is 14.6. The Labute approximate surface area is 150 Å². The van der Waals surface area contributed by atoms with E-state index in [1.54, 1.807) is 0 Å². The summed E-state index contributed by atoms with van der Waals surface area (Å²) in [6.45, 7) is 3.61. The van der Waals surface area contributed by atoms with E-state index in [1.165, 1.54) is 5.56 Å². The Hall–Kier alpha value is -2.42. The van der Waals surface area contributed by atoms with Crippen LogP contribution in [0.25, 0.3) is 0 Å². The lowest BCUT2D eigenvalue weighted by atomic mass is 9.77. The summed E-state index contributed by atoms with van der Waals surface area (Å²) in [4.78, 5) is 0. The molecule has 25 heavy (non-hydrogen) atoms.